The third kappa shape index (κ3) is 4.44. The van der Waals surface area contributed by atoms with Gasteiger partial charge in [-0.25, -0.2) is 14.1 Å². The molecule has 5 rings (SSSR count). The van der Waals surface area contributed by atoms with Crippen LogP contribution in [0.1, 0.15) is 5.56 Å². The van der Waals surface area contributed by atoms with Gasteiger partial charge in [0.25, 0.3) is 0 Å². The van der Waals surface area contributed by atoms with Crippen LogP contribution in [-0.4, -0.2) is 25.7 Å². The molecule has 0 saturated heterocycles. The molecule has 0 radical (unpaired) electrons. The van der Waals surface area contributed by atoms with E-state index >= 15 is 0 Å². The van der Waals surface area contributed by atoms with Gasteiger partial charge in [-0.3, -0.25) is 5.43 Å². The van der Waals surface area contributed by atoms with Crippen LogP contribution in [0.3, 0.4) is 0 Å². The van der Waals surface area contributed by atoms with Gasteiger partial charge in [-0.15, -0.1) is 16.4 Å². The molecule has 0 saturated carbocycles. The molecule has 1 N–H and O–H groups in total. The lowest BCUT2D eigenvalue weighted by Crippen LogP contribution is -2.15. The van der Waals surface area contributed by atoms with E-state index in [1.54, 1.807) is 12.1 Å². The zero-order chi connectivity index (χ0) is 21.9. The van der Waals surface area contributed by atoms with Crippen LogP contribution in [-0.2, 0) is 6.54 Å². The summed E-state index contributed by atoms with van der Waals surface area (Å²) < 4.78 is 16.0. The zero-order valence-corrected chi connectivity index (χ0v) is 19.0. The van der Waals surface area contributed by atoms with Gasteiger partial charge in [0.05, 0.1) is 23.5 Å². The molecule has 32 heavy (non-hydrogen) atoms. The molecule has 0 spiro atoms. The molecule has 0 bridgehead atoms. The molecule has 0 aliphatic carbocycles. The number of hydrogen-bond acceptors (Lipinski definition) is 6. The van der Waals surface area contributed by atoms with Gasteiger partial charge in [0.1, 0.15) is 11.3 Å². The van der Waals surface area contributed by atoms with Gasteiger partial charge in [0, 0.05) is 15.4 Å². The number of hydrazone groups is 1. The Hall–Kier alpha value is -3.43. The van der Waals surface area contributed by atoms with Crippen LogP contribution >= 0.6 is 27.3 Å². The number of hydrogen-bond donors (Lipinski definition) is 1. The summed E-state index contributed by atoms with van der Waals surface area (Å²) in [6.45, 7) is 0.436. The number of anilines is 1. The van der Waals surface area contributed by atoms with E-state index in [1.807, 2.05) is 58.6 Å². The van der Waals surface area contributed by atoms with Crippen molar-refractivity contribution in [2.24, 2.45) is 5.10 Å². The number of fused-ring (bicyclic) bond motifs is 1. The summed E-state index contributed by atoms with van der Waals surface area (Å²) in [5.41, 5.74) is 8.19. The normalized spacial score (nSPS) is 11.8. The van der Waals surface area contributed by atoms with Crippen molar-refractivity contribution in [3.05, 3.63) is 94.0 Å². The second kappa shape index (κ2) is 8.97. The number of rotatable bonds is 6. The van der Waals surface area contributed by atoms with Crippen LogP contribution in [0.25, 0.3) is 22.3 Å². The Labute approximate surface area is 195 Å². The lowest BCUT2D eigenvalue weighted by Gasteiger charge is -2.08. The Morgan fingerprint density at radius 3 is 2.62 bits per heavy atom. The Morgan fingerprint density at radius 2 is 1.81 bits per heavy atom. The van der Waals surface area contributed by atoms with Gasteiger partial charge in [-0.05, 0) is 54.1 Å². The second-order valence-corrected chi connectivity index (χ2v) is 8.73. The van der Waals surface area contributed by atoms with Crippen molar-refractivity contribution in [3.63, 3.8) is 0 Å². The van der Waals surface area contributed by atoms with Crippen LogP contribution < -0.4 is 5.43 Å². The average molecular weight is 507 g/mol. The van der Waals surface area contributed by atoms with Crippen molar-refractivity contribution in [3.8, 4) is 11.3 Å². The number of para-hydroxylation sites is 1. The summed E-state index contributed by atoms with van der Waals surface area (Å²) >= 11 is 4.91. The topological polar surface area (TPSA) is 68.0 Å². The SMILES string of the molecule is Fc1ccc(-c2csc(N/N=C(/Cn3nnc4ccccc43)c3ccc(Br)cc3)n2)cc1. The van der Waals surface area contributed by atoms with Crippen LogP contribution in [0.2, 0.25) is 0 Å². The number of aromatic nitrogens is 4. The fourth-order valence-corrected chi connectivity index (χ4v) is 4.13. The highest BCUT2D eigenvalue weighted by Gasteiger charge is 2.11. The maximum Gasteiger partial charge on any atom is 0.203 e. The summed E-state index contributed by atoms with van der Waals surface area (Å²) in [4.78, 5) is 4.57. The summed E-state index contributed by atoms with van der Waals surface area (Å²) in [5.74, 6) is -0.272. The van der Waals surface area contributed by atoms with Crippen molar-refractivity contribution in [2.75, 3.05) is 5.43 Å². The zero-order valence-electron chi connectivity index (χ0n) is 16.6. The molecule has 2 aromatic heterocycles. The van der Waals surface area contributed by atoms with Crippen molar-refractivity contribution in [1.82, 2.24) is 20.0 Å². The van der Waals surface area contributed by atoms with Gasteiger partial charge in [0.15, 0.2) is 0 Å². The number of nitrogens with one attached hydrogen (secondary N) is 1. The molecule has 5 aromatic rings. The quantitative estimate of drug-likeness (QED) is 0.227. The molecule has 0 aliphatic rings. The van der Waals surface area contributed by atoms with Gasteiger partial charge in [-0.1, -0.05) is 45.4 Å². The number of thiazole rings is 1. The van der Waals surface area contributed by atoms with Gasteiger partial charge < -0.3 is 0 Å². The molecule has 0 atom stereocenters. The van der Waals surface area contributed by atoms with E-state index in [2.05, 4.69) is 41.8 Å². The predicted molar refractivity (Wildman–Crippen MR) is 129 cm³/mol. The standard InChI is InChI=1S/C23H16BrFN6S/c24-17-9-5-15(6-10-17)20(13-31-22-4-2-1-3-19(22)28-30-31)27-29-23-26-21(14-32-23)16-7-11-18(25)12-8-16/h1-12,14H,13H2,(H,26,29)/b27-20-. The Kier molecular flexibility index (Phi) is 5.74. The first-order chi connectivity index (χ1) is 15.7. The number of nitrogens with zero attached hydrogens (tertiary/aromatic N) is 5. The summed E-state index contributed by atoms with van der Waals surface area (Å²) in [7, 11) is 0. The molecular weight excluding hydrogens is 491 g/mol. The van der Waals surface area contributed by atoms with Crippen molar-refractivity contribution in [1.29, 1.82) is 0 Å². The van der Waals surface area contributed by atoms with Crippen LogP contribution in [0.15, 0.2) is 87.8 Å². The van der Waals surface area contributed by atoms with E-state index in [-0.39, 0.29) is 5.82 Å². The van der Waals surface area contributed by atoms with Crippen molar-refractivity contribution >= 4 is 49.1 Å². The molecule has 158 valence electrons. The largest absolute Gasteiger partial charge is 0.252 e. The minimum atomic E-state index is -0.272. The molecule has 2 heterocycles. The molecule has 0 fully saturated rings. The van der Waals surface area contributed by atoms with Crippen LogP contribution in [0.4, 0.5) is 9.52 Å². The molecule has 6 nitrogen and oxygen atoms in total. The first kappa shape index (κ1) is 20.5. The van der Waals surface area contributed by atoms with E-state index in [0.29, 0.717) is 11.7 Å². The summed E-state index contributed by atoms with van der Waals surface area (Å²) in [6, 6.07) is 22.0. The van der Waals surface area contributed by atoms with E-state index in [9.17, 15) is 4.39 Å². The summed E-state index contributed by atoms with van der Waals surface area (Å²) in [6.07, 6.45) is 0. The molecule has 0 amide bonds. The minimum absolute atomic E-state index is 0.272. The van der Waals surface area contributed by atoms with Crippen LogP contribution in [0, 0.1) is 5.82 Å². The molecule has 3 aromatic carbocycles. The van der Waals surface area contributed by atoms with E-state index in [0.717, 1.165) is 38.0 Å². The maximum absolute atomic E-state index is 13.2. The van der Waals surface area contributed by atoms with Gasteiger partial charge >= 0.3 is 0 Å². The van der Waals surface area contributed by atoms with E-state index in [4.69, 9.17) is 0 Å². The monoisotopic (exact) mass is 506 g/mol. The lowest BCUT2D eigenvalue weighted by atomic mass is 10.1. The second-order valence-electron chi connectivity index (χ2n) is 6.96. The van der Waals surface area contributed by atoms with Gasteiger partial charge in [-0.2, -0.15) is 5.10 Å². The predicted octanol–water partition coefficient (Wildman–Crippen LogP) is 5.97. The highest BCUT2D eigenvalue weighted by molar-refractivity contribution is 9.10. The van der Waals surface area contributed by atoms with Crippen LogP contribution in [0.5, 0.6) is 0 Å². The van der Waals surface area contributed by atoms with E-state index < -0.39 is 0 Å². The van der Waals surface area contributed by atoms with Gasteiger partial charge in [0.2, 0.25) is 5.13 Å². The Morgan fingerprint density at radius 1 is 1.03 bits per heavy atom. The molecule has 0 unspecified atom stereocenters. The average Bonchev–Trinajstić information content (AvgIpc) is 3.45. The fourth-order valence-electron chi connectivity index (χ4n) is 3.20. The third-order valence-electron chi connectivity index (χ3n) is 4.83. The molecule has 9 heteroatoms. The highest BCUT2D eigenvalue weighted by Crippen LogP contribution is 2.25. The fraction of sp³-hybridized carbons (Fsp3) is 0.0435. The smallest absolute Gasteiger partial charge is 0.203 e. The van der Waals surface area contributed by atoms with Crippen molar-refractivity contribution in [2.45, 2.75) is 6.54 Å². The lowest BCUT2D eigenvalue weighted by molar-refractivity contribution is 0.628. The number of halogens is 2. The highest BCUT2D eigenvalue weighted by atomic mass is 79.9. The maximum atomic E-state index is 13.2. The third-order valence-corrected chi connectivity index (χ3v) is 6.10. The number of benzene rings is 3. The first-order valence-electron chi connectivity index (χ1n) is 9.74. The summed E-state index contributed by atoms with van der Waals surface area (Å²) in [5, 5.41) is 15.7. The van der Waals surface area contributed by atoms with E-state index in [1.165, 1.54) is 23.5 Å². The molecule has 0 aliphatic heterocycles. The molecular formula is C23H16BrFN6S. The first-order valence-corrected chi connectivity index (χ1v) is 11.4. The Balaban J connectivity index is 1.44. The Bertz CT molecular complexity index is 1390. The van der Waals surface area contributed by atoms with Crippen molar-refractivity contribution < 1.29 is 4.39 Å². The minimum Gasteiger partial charge on any atom is -0.252 e.